The molecule has 0 bridgehead atoms. The van der Waals surface area contributed by atoms with Gasteiger partial charge in [-0.05, 0) is 25.5 Å². The van der Waals surface area contributed by atoms with Crippen molar-refractivity contribution in [3.63, 3.8) is 0 Å². The van der Waals surface area contributed by atoms with Crippen LogP contribution in [0.3, 0.4) is 0 Å². The largest absolute Gasteiger partial charge is 0.304 e. The molecule has 3 nitrogen and oxygen atoms in total. The van der Waals surface area contributed by atoms with E-state index in [2.05, 4.69) is 27.6 Å². The van der Waals surface area contributed by atoms with Crippen molar-refractivity contribution >= 4 is 22.9 Å². The lowest BCUT2D eigenvalue weighted by atomic mass is 10.2. The van der Waals surface area contributed by atoms with E-state index in [1.807, 2.05) is 13.0 Å². The molecule has 1 atom stereocenters. The summed E-state index contributed by atoms with van der Waals surface area (Å²) in [6.45, 7) is 4.83. The van der Waals surface area contributed by atoms with Gasteiger partial charge in [0.25, 0.3) is 0 Å². The van der Waals surface area contributed by atoms with E-state index in [0.717, 1.165) is 22.8 Å². The summed E-state index contributed by atoms with van der Waals surface area (Å²) in [6, 6.07) is 2.16. The highest BCUT2D eigenvalue weighted by Crippen LogP contribution is 2.19. The van der Waals surface area contributed by atoms with Crippen LogP contribution in [0.1, 0.15) is 29.2 Å². The summed E-state index contributed by atoms with van der Waals surface area (Å²) >= 11 is 7.72. The molecule has 0 amide bonds. The fraction of sp³-hybridized carbons (Fsp3) is 0.333. The monoisotopic (exact) mass is 267 g/mol. The molecule has 0 radical (unpaired) electrons. The number of halogens is 1. The normalized spacial score (nSPS) is 12.6. The molecular formula is C12H14ClN3S. The molecule has 17 heavy (non-hydrogen) atoms. The van der Waals surface area contributed by atoms with E-state index in [9.17, 15) is 0 Å². The Morgan fingerprint density at radius 2 is 2.35 bits per heavy atom. The SMILES string of the molecule is Cc1csc(C(C)NCc2ccncc2Cl)n1. The quantitative estimate of drug-likeness (QED) is 0.923. The second-order valence-electron chi connectivity index (χ2n) is 3.90. The van der Waals surface area contributed by atoms with Crippen LogP contribution in [-0.2, 0) is 6.54 Å². The first-order valence-corrected chi connectivity index (χ1v) is 6.66. The zero-order valence-corrected chi connectivity index (χ0v) is 11.3. The van der Waals surface area contributed by atoms with Crippen LogP contribution in [0, 0.1) is 6.92 Å². The summed E-state index contributed by atoms with van der Waals surface area (Å²) in [5, 5.41) is 7.27. The van der Waals surface area contributed by atoms with Gasteiger partial charge in [0.15, 0.2) is 0 Å². The Kier molecular flexibility index (Phi) is 4.10. The minimum absolute atomic E-state index is 0.234. The Morgan fingerprint density at radius 1 is 1.53 bits per heavy atom. The zero-order chi connectivity index (χ0) is 12.3. The fourth-order valence-corrected chi connectivity index (χ4v) is 2.48. The van der Waals surface area contributed by atoms with Gasteiger partial charge in [-0.1, -0.05) is 11.6 Å². The van der Waals surface area contributed by atoms with Crippen LogP contribution in [0.5, 0.6) is 0 Å². The molecule has 0 saturated carbocycles. The number of aromatic nitrogens is 2. The number of thiazole rings is 1. The molecule has 2 rings (SSSR count). The molecule has 2 aromatic heterocycles. The highest BCUT2D eigenvalue weighted by molar-refractivity contribution is 7.09. The van der Waals surface area contributed by atoms with Gasteiger partial charge in [0, 0.05) is 30.0 Å². The number of aryl methyl sites for hydroxylation is 1. The maximum Gasteiger partial charge on any atom is 0.110 e. The first-order valence-electron chi connectivity index (χ1n) is 5.40. The molecular weight excluding hydrogens is 254 g/mol. The topological polar surface area (TPSA) is 37.8 Å². The molecule has 0 aromatic carbocycles. The molecule has 0 saturated heterocycles. The van der Waals surface area contributed by atoms with Gasteiger partial charge in [-0.15, -0.1) is 11.3 Å². The van der Waals surface area contributed by atoms with Crippen molar-refractivity contribution in [3.05, 3.63) is 45.1 Å². The molecule has 2 heterocycles. The van der Waals surface area contributed by atoms with Crippen LogP contribution < -0.4 is 5.32 Å². The molecule has 1 N–H and O–H groups in total. The Labute approximate surface area is 110 Å². The van der Waals surface area contributed by atoms with E-state index in [1.54, 1.807) is 23.7 Å². The van der Waals surface area contributed by atoms with Gasteiger partial charge < -0.3 is 5.32 Å². The Morgan fingerprint density at radius 3 is 3.00 bits per heavy atom. The van der Waals surface area contributed by atoms with E-state index < -0.39 is 0 Å². The smallest absolute Gasteiger partial charge is 0.110 e. The summed E-state index contributed by atoms with van der Waals surface area (Å²) in [6.07, 6.45) is 3.41. The van der Waals surface area contributed by atoms with Gasteiger partial charge in [0.2, 0.25) is 0 Å². The molecule has 5 heteroatoms. The van der Waals surface area contributed by atoms with Gasteiger partial charge in [-0.2, -0.15) is 0 Å². The van der Waals surface area contributed by atoms with E-state index in [-0.39, 0.29) is 6.04 Å². The van der Waals surface area contributed by atoms with Crippen LogP contribution in [0.4, 0.5) is 0 Å². The summed E-state index contributed by atoms with van der Waals surface area (Å²) in [5.74, 6) is 0. The highest BCUT2D eigenvalue weighted by atomic mass is 35.5. The average molecular weight is 268 g/mol. The predicted octanol–water partition coefficient (Wildman–Crippen LogP) is 3.35. The lowest BCUT2D eigenvalue weighted by Gasteiger charge is -2.11. The van der Waals surface area contributed by atoms with Crippen LogP contribution in [0.25, 0.3) is 0 Å². The summed E-state index contributed by atoms with van der Waals surface area (Å²) in [7, 11) is 0. The third-order valence-corrected chi connectivity index (χ3v) is 3.95. The maximum absolute atomic E-state index is 6.04. The zero-order valence-electron chi connectivity index (χ0n) is 9.77. The molecule has 90 valence electrons. The molecule has 0 aliphatic rings. The molecule has 0 aliphatic carbocycles. The Hall–Kier alpha value is -0.970. The number of hydrogen-bond donors (Lipinski definition) is 1. The van der Waals surface area contributed by atoms with E-state index in [1.165, 1.54) is 0 Å². The Balaban J connectivity index is 1.97. The first kappa shape index (κ1) is 12.5. The van der Waals surface area contributed by atoms with Gasteiger partial charge in [0.1, 0.15) is 5.01 Å². The maximum atomic E-state index is 6.04. The van der Waals surface area contributed by atoms with Gasteiger partial charge in [-0.25, -0.2) is 4.98 Å². The lowest BCUT2D eigenvalue weighted by Crippen LogP contribution is -2.18. The minimum Gasteiger partial charge on any atom is -0.304 e. The van der Waals surface area contributed by atoms with Crippen molar-refractivity contribution in [2.24, 2.45) is 0 Å². The number of nitrogens with one attached hydrogen (secondary N) is 1. The van der Waals surface area contributed by atoms with Crippen LogP contribution in [-0.4, -0.2) is 9.97 Å². The third kappa shape index (κ3) is 3.25. The summed E-state index contributed by atoms with van der Waals surface area (Å²) in [4.78, 5) is 8.42. The number of hydrogen-bond acceptors (Lipinski definition) is 4. The molecule has 1 unspecified atom stereocenters. The second-order valence-corrected chi connectivity index (χ2v) is 5.19. The predicted molar refractivity (Wildman–Crippen MR) is 71.4 cm³/mol. The molecule has 0 fully saturated rings. The van der Waals surface area contributed by atoms with Crippen LogP contribution in [0.15, 0.2) is 23.8 Å². The van der Waals surface area contributed by atoms with E-state index >= 15 is 0 Å². The van der Waals surface area contributed by atoms with Crippen molar-refractivity contribution < 1.29 is 0 Å². The van der Waals surface area contributed by atoms with Crippen LogP contribution >= 0.6 is 22.9 Å². The van der Waals surface area contributed by atoms with Crippen molar-refractivity contribution in [1.29, 1.82) is 0 Å². The number of nitrogens with zero attached hydrogens (tertiary/aromatic N) is 2. The minimum atomic E-state index is 0.234. The molecule has 2 aromatic rings. The van der Waals surface area contributed by atoms with Gasteiger partial charge in [-0.3, -0.25) is 4.98 Å². The summed E-state index contributed by atoms with van der Waals surface area (Å²) < 4.78 is 0. The van der Waals surface area contributed by atoms with E-state index in [4.69, 9.17) is 11.6 Å². The lowest BCUT2D eigenvalue weighted by molar-refractivity contribution is 0.571. The van der Waals surface area contributed by atoms with Crippen LogP contribution in [0.2, 0.25) is 5.02 Å². The molecule has 0 spiro atoms. The first-order chi connectivity index (χ1) is 8.16. The standard InChI is InChI=1S/C12H14ClN3S/c1-8-7-17-12(16-8)9(2)15-5-10-3-4-14-6-11(10)13/h3-4,6-7,9,15H,5H2,1-2H3. The summed E-state index contributed by atoms with van der Waals surface area (Å²) in [5.41, 5.74) is 2.13. The highest BCUT2D eigenvalue weighted by Gasteiger charge is 2.09. The fourth-order valence-electron chi connectivity index (χ4n) is 1.47. The number of pyridine rings is 1. The van der Waals surface area contributed by atoms with Gasteiger partial charge in [0.05, 0.1) is 11.1 Å². The van der Waals surface area contributed by atoms with Crippen molar-refractivity contribution in [3.8, 4) is 0 Å². The second kappa shape index (κ2) is 5.58. The van der Waals surface area contributed by atoms with Crippen molar-refractivity contribution in [1.82, 2.24) is 15.3 Å². The molecule has 0 aliphatic heterocycles. The van der Waals surface area contributed by atoms with Gasteiger partial charge >= 0.3 is 0 Å². The van der Waals surface area contributed by atoms with Crippen molar-refractivity contribution in [2.75, 3.05) is 0 Å². The average Bonchev–Trinajstić information content (AvgIpc) is 2.74. The Bertz CT molecular complexity index is 498. The number of rotatable bonds is 4. The third-order valence-electron chi connectivity index (χ3n) is 2.46. The van der Waals surface area contributed by atoms with Crippen molar-refractivity contribution in [2.45, 2.75) is 26.4 Å². The van der Waals surface area contributed by atoms with E-state index in [0.29, 0.717) is 5.02 Å².